The zero-order chi connectivity index (χ0) is 19.8. The Balaban J connectivity index is 1.72. The van der Waals surface area contributed by atoms with E-state index in [9.17, 15) is 23.1 Å². The second kappa shape index (κ2) is 6.90. The van der Waals surface area contributed by atoms with Gasteiger partial charge < -0.3 is 14.3 Å². The number of hydrogen-bond donors (Lipinski definition) is 1. The Hall–Kier alpha value is -2.52. The van der Waals surface area contributed by atoms with Crippen molar-refractivity contribution >= 4 is 23.7 Å². The summed E-state index contributed by atoms with van der Waals surface area (Å²) in [6.45, 7) is 1.74. The van der Waals surface area contributed by atoms with Crippen LogP contribution in [0.25, 0.3) is 0 Å². The van der Waals surface area contributed by atoms with Crippen LogP contribution in [0.15, 0.2) is 39.9 Å². The van der Waals surface area contributed by atoms with Crippen LogP contribution in [0.2, 0.25) is 5.02 Å². The molecule has 0 radical (unpaired) electrons. The van der Waals surface area contributed by atoms with Crippen LogP contribution in [0, 0.1) is 6.92 Å². The number of furan rings is 1. The summed E-state index contributed by atoms with van der Waals surface area (Å²) in [4.78, 5) is 12.3. The molecule has 1 aliphatic heterocycles. The average molecular weight is 403 g/mol. The SMILES string of the molecule is Cc1cc(Cl)ccc1OCc1ccc(C(=O)N2N=CC[C@@]2(O)C(F)(F)F)o1. The van der Waals surface area contributed by atoms with Crippen LogP contribution in [-0.4, -0.2) is 34.1 Å². The minimum Gasteiger partial charge on any atom is -0.485 e. The van der Waals surface area contributed by atoms with Crippen LogP contribution in [0.1, 0.15) is 28.3 Å². The van der Waals surface area contributed by atoms with Crippen molar-refractivity contribution in [3.05, 3.63) is 52.4 Å². The van der Waals surface area contributed by atoms with Crippen LogP contribution < -0.4 is 4.74 Å². The highest BCUT2D eigenvalue weighted by molar-refractivity contribution is 6.30. The number of rotatable bonds is 4. The van der Waals surface area contributed by atoms with Crippen LogP contribution in [0.4, 0.5) is 13.2 Å². The molecule has 0 unspecified atom stereocenters. The van der Waals surface area contributed by atoms with Crippen molar-refractivity contribution in [2.24, 2.45) is 5.10 Å². The van der Waals surface area contributed by atoms with E-state index in [1.165, 1.54) is 12.1 Å². The Morgan fingerprint density at radius 1 is 1.41 bits per heavy atom. The largest absolute Gasteiger partial charge is 0.485 e. The van der Waals surface area contributed by atoms with Gasteiger partial charge in [-0.25, -0.2) is 0 Å². The fourth-order valence-electron chi connectivity index (χ4n) is 2.49. The Kier molecular flexibility index (Phi) is 4.92. The molecular formula is C17H14ClF3N2O4. The quantitative estimate of drug-likeness (QED) is 0.841. The predicted octanol–water partition coefficient (Wildman–Crippen LogP) is 3.90. The molecule has 0 aliphatic carbocycles. The summed E-state index contributed by atoms with van der Waals surface area (Å²) < 4.78 is 50.0. The lowest BCUT2D eigenvalue weighted by Crippen LogP contribution is -2.56. The first-order valence-electron chi connectivity index (χ1n) is 7.75. The number of amides is 1. The smallest absolute Gasteiger partial charge is 0.438 e. The average Bonchev–Trinajstić information content (AvgIpc) is 3.20. The molecule has 2 heterocycles. The van der Waals surface area contributed by atoms with Crippen LogP contribution >= 0.6 is 11.6 Å². The zero-order valence-electron chi connectivity index (χ0n) is 14.0. The highest BCUT2D eigenvalue weighted by Gasteiger charge is 2.61. The van der Waals surface area contributed by atoms with Gasteiger partial charge in [0.25, 0.3) is 5.72 Å². The molecule has 0 saturated heterocycles. The first kappa shape index (κ1) is 19.2. The number of aryl methyl sites for hydroxylation is 1. The first-order valence-corrected chi connectivity index (χ1v) is 8.13. The minimum atomic E-state index is -5.07. The summed E-state index contributed by atoms with van der Waals surface area (Å²) in [5.74, 6) is -0.855. The second-order valence-electron chi connectivity index (χ2n) is 5.90. The fourth-order valence-corrected chi connectivity index (χ4v) is 2.71. The standard InChI is InChI=1S/C17H14ClF3N2O4/c1-10-8-11(18)2-4-13(10)26-9-12-3-5-14(27-12)15(24)23-16(25,6-7-22-23)17(19,20)21/h2-5,7-8,25H,6,9H2,1H3/t16-/m1/s1. The molecule has 1 atom stereocenters. The van der Waals surface area contributed by atoms with Crippen molar-refractivity contribution in [1.29, 1.82) is 0 Å². The number of aliphatic hydroxyl groups is 1. The third-order valence-electron chi connectivity index (χ3n) is 3.95. The summed E-state index contributed by atoms with van der Waals surface area (Å²) in [6.07, 6.45) is -5.10. The highest BCUT2D eigenvalue weighted by atomic mass is 35.5. The van der Waals surface area contributed by atoms with E-state index in [4.69, 9.17) is 20.8 Å². The van der Waals surface area contributed by atoms with Crippen molar-refractivity contribution in [2.75, 3.05) is 0 Å². The molecule has 0 spiro atoms. The van der Waals surface area contributed by atoms with Gasteiger partial charge in [0.05, 0.1) is 0 Å². The van der Waals surface area contributed by atoms with Gasteiger partial charge in [0.1, 0.15) is 18.1 Å². The van der Waals surface area contributed by atoms with Gasteiger partial charge in [-0.2, -0.15) is 23.3 Å². The summed E-state index contributed by atoms with van der Waals surface area (Å²) in [6, 6.07) is 7.60. The maximum absolute atomic E-state index is 13.1. The normalized spacial score (nSPS) is 19.6. The van der Waals surface area contributed by atoms with Crippen molar-refractivity contribution in [3.8, 4) is 5.75 Å². The Morgan fingerprint density at radius 2 is 2.15 bits per heavy atom. The zero-order valence-corrected chi connectivity index (χ0v) is 14.7. The van der Waals surface area contributed by atoms with E-state index >= 15 is 0 Å². The molecule has 6 nitrogen and oxygen atoms in total. The molecule has 1 aliphatic rings. The second-order valence-corrected chi connectivity index (χ2v) is 6.33. The number of carbonyl (C=O) groups excluding carboxylic acids is 1. The lowest BCUT2D eigenvalue weighted by Gasteiger charge is -2.31. The summed E-state index contributed by atoms with van der Waals surface area (Å²) in [7, 11) is 0. The molecule has 1 aromatic carbocycles. The molecule has 1 N–H and O–H groups in total. The van der Waals surface area contributed by atoms with Crippen molar-refractivity contribution < 1.29 is 32.2 Å². The molecule has 0 bridgehead atoms. The van der Waals surface area contributed by atoms with Gasteiger partial charge in [-0.3, -0.25) is 4.79 Å². The summed E-state index contributed by atoms with van der Waals surface area (Å²) in [5, 5.41) is 13.7. The van der Waals surface area contributed by atoms with Crippen molar-refractivity contribution in [3.63, 3.8) is 0 Å². The number of carbonyl (C=O) groups is 1. The number of hydrazone groups is 1. The van der Waals surface area contributed by atoms with Crippen molar-refractivity contribution in [1.82, 2.24) is 5.01 Å². The topological polar surface area (TPSA) is 75.3 Å². The molecule has 10 heteroatoms. The van der Waals surface area contributed by atoms with E-state index in [2.05, 4.69) is 5.10 Å². The lowest BCUT2D eigenvalue weighted by atomic mass is 10.1. The van der Waals surface area contributed by atoms with Crippen LogP contribution in [-0.2, 0) is 6.61 Å². The molecule has 1 amide bonds. The minimum absolute atomic E-state index is 0.0280. The number of ether oxygens (including phenoxy) is 1. The van der Waals surface area contributed by atoms with Gasteiger partial charge in [0, 0.05) is 17.7 Å². The molecule has 144 valence electrons. The lowest BCUT2D eigenvalue weighted by molar-refractivity contribution is -0.297. The molecule has 0 saturated carbocycles. The van der Waals surface area contributed by atoms with E-state index in [1.54, 1.807) is 25.1 Å². The van der Waals surface area contributed by atoms with Gasteiger partial charge in [-0.05, 0) is 42.8 Å². The van der Waals surface area contributed by atoms with E-state index < -0.39 is 30.0 Å². The number of hydrogen-bond acceptors (Lipinski definition) is 5. The van der Waals surface area contributed by atoms with E-state index in [0.29, 0.717) is 10.8 Å². The van der Waals surface area contributed by atoms with Gasteiger partial charge in [0.2, 0.25) is 0 Å². The third-order valence-corrected chi connectivity index (χ3v) is 4.18. The first-order chi connectivity index (χ1) is 12.6. The maximum Gasteiger partial charge on any atom is 0.438 e. The van der Waals surface area contributed by atoms with Crippen molar-refractivity contribution in [2.45, 2.75) is 31.9 Å². The molecule has 2 aromatic rings. The van der Waals surface area contributed by atoms with Crippen LogP contribution in [0.3, 0.4) is 0 Å². The monoisotopic (exact) mass is 402 g/mol. The molecule has 1 aromatic heterocycles. The summed E-state index contributed by atoms with van der Waals surface area (Å²) in [5.41, 5.74) is -2.61. The molecular weight excluding hydrogens is 389 g/mol. The predicted molar refractivity (Wildman–Crippen MR) is 89.5 cm³/mol. The number of alkyl halides is 3. The Labute approximate surface area is 156 Å². The number of halogens is 4. The Bertz CT molecular complexity index is 897. The van der Waals surface area contributed by atoms with Gasteiger partial charge in [-0.15, -0.1) is 0 Å². The Morgan fingerprint density at radius 3 is 2.81 bits per heavy atom. The molecule has 3 rings (SSSR count). The highest BCUT2D eigenvalue weighted by Crippen LogP contribution is 2.39. The number of nitrogens with zero attached hydrogens (tertiary/aromatic N) is 2. The molecule has 27 heavy (non-hydrogen) atoms. The van der Waals surface area contributed by atoms with Gasteiger partial charge in [-0.1, -0.05) is 11.6 Å². The van der Waals surface area contributed by atoms with Gasteiger partial charge in [0.15, 0.2) is 5.76 Å². The number of benzene rings is 1. The van der Waals surface area contributed by atoms with E-state index in [1.807, 2.05) is 0 Å². The van der Waals surface area contributed by atoms with Gasteiger partial charge >= 0.3 is 12.1 Å². The van der Waals surface area contributed by atoms with E-state index in [-0.39, 0.29) is 17.4 Å². The summed E-state index contributed by atoms with van der Waals surface area (Å²) >= 11 is 5.86. The fraction of sp³-hybridized carbons (Fsp3) is 0.294. The maximum atomic E-state index is 13.1. The third kappa shape index (κ3) is 3.65. The van der Waals surface area contributed by atoms with Crippen LogP contribution in [0.5, 0.6) is 5.75 Å². The van der Waals surface area contributed by atoms with E-state index in [0.717, 1.165) is 11.8 Å². The molecule has 0 fully saturated rings.